The minimum Gasteiger partial charge on any atom is -0.486 e. The molecule has 238 valence electrons. The Morgan fingerprint density at radius 2 is 1.78 bits per heavy atom. The molecule has 1 unspecified atom stereocenters. The zero-order valence-electron chi connectivity index (χ0n) is 25.3. The molecule has 0 radical (unpaired) electrons. The molecule has 46 heavy (non-hydrogen) atoms. The van der Waals surface area contributed by atoms with Gasteiger partial charge in [0.25, 0.3) is 11.8 Å². The first-order valence-corrected chi connectivity index (χ1v) is 14.8. The first-order valence-electron chi connectivity index (χ1n) is 14.8. The lowest BCUT2D eigenvalue weighted by molar-refractivity contribution is -0.148. The Bertz CT molecular complexity index is 1740. The number of amides is 2. The number of ketones is 1. The third-order valence-corrected chi connectivity index (χ3v) is 7.57. The lowest BCUT2D eigenvalue weighted by atomic mass is 9.86. The largest absolute Gasteiger partial charge is 0.486 e. The first kappa shape index (κ1) is 31.8. The summed E-state index contributed by atoms with van der Waals surface area (Å²) in [6.45, 7) is 3.32. The Labute approximate surface area is 264 Å². The summed E-state index contributed by atoms with van der Waals surface area (Å²) in [5.41, 5.74) is -0.411. The zero-order chi connectivity index (χ0) is 32.7. The summed E-state index contributed by atoms with van der Waals surface area (Å²) in [7, 11) is 0. The van der Waals surface area contributed by atoms with Crippen LogP contribution < -0.4 is 15.4 Å². The van der Waals surface area contributed by atoms with E-state index >= 15 is 0 Å². The molecule has 5 rings (SSSR count). The lowest BCUT2D eigenvalue weighted by Gasteiger charge is -2.28. The SMILES string of the molecule is CC(C)[C@H](NC(=O)c1ccc2ccccc2n1)C1=NOC(Cc2ncc[nH]2)(C(=O)N[C@@H](CC(=O)O)C(=O)COc2ccccc2)C1. The average Bonchev–Trinajstić information content (AvgIpc) is 3.73. The van der Waals surface area contributed by atoms with Gasteiger partial charge in [-0.05, 0) is 30.2 Å². The van der Waals surface area contributed by atoms with Crippen molar-refractivity contribution >= 4 is 40.2 Å². The number of imidazole rings is 1. The van der Waals surface area contributed by atoms with E-state index in [-0.39, 0.29) is 24.5 Å². The van der Waals surface area contributed by atoms with Crippen LogP contribution in [0.15, 0.2) is 84.3 Å². The second-order valence-electron chi connectivity index (χ2n) is 11.3. The lowest BCUT2D eigenvalue weighted by Crippen LogP contribution is -2.55. The number of benzene rings is 2. The van der Waals surface area contributed by atoms with Crippen LogP contribution in [-0.2, 0) is 25.6 Å². The molecule has 0 spiro atoms. The van der Waals surface area contributed by atoms with Crippen molar-refractivity contribution in [2.24, 2.45) is 11.1 Å². The number of pyridine rings is 1. The van der Waals surface area contributed by atoms with Crippen molar-refractivity contribution in [3.8, 4) is 5.75 Å². The summed E-state index contributed by atoms with van der Waals surface area (Å²) in [6, 6.07) is 17.4. The standard InChI is InChI=1S/C33H34N6O7/c1-20(2)30(38-31(43)24-13-12-21-8-6-7-11-23(21)36-24)26-17-33(46-39-26,18-28-34-14-15-35-28)32(44)37-25(16-29(41)42)27(40)19-45-22-9-4-3-5-10-22/h3-15,20,25,30H,16-19H2,1-2H3,(H,34,35)(H,37,44)(H,38,43)(H,41,42)/t25-,30-,33?/m0/s1. The van der Waals surface area contributed by atoms with Crippen LogP contribution in [0.3, 0.4) is 0 Å². The van der Waals surface area contributed by atoms with Gasteiger partial charge in [-0.15, -0.1) is 0 Å². The quantitative estimate of drug-likeness (QED) is 0.163. The minimum absolute atomic E-state index is 0.0672. The highest BCUT2D eigenvalue weighted by Crippen LogP contribution is 2.31. The molecule has 1 aliphatic rings. The van der Waals surface area contributed by atoms with Gasteiger partial charge in [-0.2, -0.15) is 0 Å². The molecule has 2 aromatic carbocycles. The molecule has 2 aromatic heterocycles. The third-order valence-electron chi connectivity index (χ3n) is 7.57. The monoisotopic (exact) mass is 626 g/mol. The van der Waals surface area contributed by atoms with E-state index in [9.17, 15) is 24.3 Å². The molecule has 13 nitrogen and oxygen atoms in total. The zero-order valence-corrected chi connectivity index (χ0v) is 25.3. The number of aromatic amines is 1. The number of para-hydroxylation sites is 2. The van der Waals surface area contributed by atoms with Gasteiger partial charge in [0.15, 0.2) is 5.78 Å². The summed E-state index contributed by atoms with van der Waals surface area (Å²) in [5, 5.41) is 20.2. The summed E-state index contributed by atoms with van der Waals surface area (Å²) < 4.78 is 5.51. The van der Waals surface area contributed by atoms with E-state index in [1.165, 1.54) is 6.20 Å². The molecule has 1 aliphatic heterocycles. The van der Waals surface area contributed by atoms with Crippen molar-refractivity contribution in [1.82, 2.24) is 25.6 Å². The number of Topliss-reactive ketones (excluding diaryl/α,β-unsaturated/α-hetero) is 1. The number of carboxylic acid groups (broad SMARTS) is 1. The number of aromatic nitrogens is 3. The number of fused-ring (bicyclic) bond motifs is 1. The van der Waals surface area contributed by atoms with Crippen LogP contribution in [0, 0.1) is 5.92 Å². The summed E-state index contributed by atoms with van der Waals surface area (Å²) in [4.78, 5) is 69.5. The molecule has 0 aliphatic carbocycles. The number of ether oxygens (including phenoxy) is 1. The average molecular weight is 627 g/mol. The maximum absolute atomic E-state index is 13.9. The summed E-state index contributed by atoms with van der Waals surface area (Å²) in [5.74, 6) is -2.44. The van der Waals surface area contributed by atoms with Crippen LogP contribution in [0.2, 0.25) is 0 Å². The Hall–Kier alpha value is -5.59. The highest BCUT2D eigenvalue weighted by Gasteiger charge is 2.50. The predicted molar refractivity (Wildman–Crippen MR) is 167 cm³/mol. The number of hydrogen-bond acceptors (Lipinski definition) is 9. The molecular weight excluding hydrogens is 592 g/mol. The van der Waals surface area contributed by atoms with Gasteiger partial charge in [0.1, 0.15) is 29.9 Å². The molecule has 0 saturated carbocycles. The number of carboxylic acids is 1. The Morgan fingerprint density at radius 3 is 2.50 bits per heavy atom. The normalized spacial score (nSPS) is 17.1. The molecule has 2 amide bonds. The number of oxime groups is 1. The van der Waals surface area contributed by atoms with Gasteiger partial charge in [-0.1, -0.05) is 61.5 Å². The molecule has 3 heterocycles. The van der Waals surface area contributed by atoms with Crippen molar-refractivity contribution in [3.05, 3.63) is 90.6 Å². The van der Waals surface area contributed by atoms with Crippen LogP contribution in [0.5, 0.6) is 5.75 Å². The van der Waals surface area contributed by atoms with Gasteiger partial charge < -0.3 is 30.3 Å². The predicted octanol–water partition coefficient (Wildman–Crippen LogP) is 3.08. The van der Waals surface area contributed by atoms with Crippen molar-refractivity contribution in [3.63, 3.8) is 0 Å². The Kier molecular flexibility index (Phi) is 9.70. The molecule has 0 saturated heterocycles. The van der Waals surface area contributed by atoms with Crippen LogP contribution in [0.4, 0.5) is 0 Å². The van der Waals surface area contributed by atoms with Gasteiger partial charge in [0, 0.05) is 24.2 Å². The molecule has 0 fully saturated rings. The highest BCUT2D eigenvalue weighted by atomic mass is 16.7. The van der Waals surface area contributed by atoms with Gasteiger partial charge in [-0.3, -0.25) is 19.2 Å². The van der Waals surface area contributed by atoms with E-state index < -0.39 is 54.3 Å². The van der Waals surface area contributed by atoms with Crippen molar-refractivity contribution in [2.45, 2.75) is 50.8 Å². The number of hydrogen-bond donors (Lipinski definition) is 4. The molecule has 4 N–H and O–H groups in total. The number of nitrogens with zero attached hydrogens (tertiary/aromatic N) is 3. The smallest absolute Gasteiger partial charge is 0.305 e. The van der Waals surface area contributed by atoms with Crippen LogP contribution in [0.1, 0.15) is 43.0 Å². The summed E-state index contributed by atoms with van der Waals surface area (Å²) >= 11 is 0. The van der Waals surface area contributed by atoms with Crippen LogP contribution in [0.25, 0.3) is 10.9 Å². The molecular formula is C33H34N6O7. The second kappa shape index (κ2) is 14.0. The van der Waals surface area contributed by atoms with E-state index in [0.717, 1.165) is 5.39 Å². The molecule has 3 atom stereocenters. The van der Waals surface area contributed by atoms with Gasteiger partial charge in [-0.25, -0.2) is 9.97 Å². The fourth-order valence-corrected chi connectivity index (χ4v) is 5.16. The van der Waals surface area contributed by atoms with E-state index in [0.29, 0.717) is 22.8 Å². The van der Waals surface area contributed by atoms with Gasteiger partial charge in [0.2, 0.25) is 5.60 Å². The Morgan fingerprint density at radius 1 is 1.02 bits per heavy atom. The maximum Gasteiger partial charge on any atom is 0.305 e. The number of rotatable bonds is 14. The van der Waals surface area contributed by atoms with Crippen LogP contribution in [-0.4, -0.2) is 73.6 Å². The first-order chi connectivity index (χ1) is 22.1. The summed E-state index contributed by atoms with van der Waals surface area (Å²) in [6.07, 6.45) is 2.30. The topological polar surface area (TPSA) is 185 Å². The van der Waals surface area contributed by atoms with E-state index in [1.54, 1.807) is 42.6 Å². The third kappa shape index (κ3) is 7.54. The number of nitrogens with one attached hydrogen (secondary N) is 3. The fourth-order valence-electron chi connectivity index (χ4n) is 5.16. The maximum atomic E-state index is 13.9. The molecule has 0 bridgehead atoms. The fraction of sp³-hybridized carbons (Fsp3) is 0.303. The van der Waals surface area contributed by atoms with Crippen molar-refractivity contribution in [1.29, 1.82) is 0 Å². The highest BCUT2D eigenvalue weighted by molar-refractivity contribution is 6.03. The number of carbonyl (C=O) groups is 4. The van der Waals surface area contributed by atoms with Crippen molar-refractivity contribution < 1.29 is 33.9 Å². The molecule has 4 aromatic rings. The van der Waals surface area contributed by atoms with E-state index in [1.807, 2.05) is 44.2 Å². The number of aliphatic carboxylic acids is 1. The van der Waals surface area contributed by atoms with E-state index in [4.69, 9.17) is 9.57 Å². The number of carbonyl (C=O) groups excluding carboxylic acids is 3. The Balaban J connectivity index is 1.34. The number of H-pyrrole nitrogens is 1. The second-order valence-corrected chi connectivity index (χ2v) is 11.3. The van der Waals surface area contributed by atoms with Crippen LogP contribution >= 0.6 is 0 Å². The van der Waals surface area contributed by atoms with E-state index in [2.05, 4.69) is 30.7 Å². The minimum atomic E-state index is -1.69. The molecule has 13 heteroatoms. The van der Waals surface area contributed by atoms with Gasteiger partial charge in [0.05, 0.1) is 30.1 Å². The van der Waals surface area contributed by atoms with Gasteiger partial charge >= 0.3 is 5.97 Å². The van der Waals surface area contributed by atoms with Crippen molar-refractivity contribution in [2.75, 3.05) is 6.61 Å².